The summed E-state index contributed by atoms with van der Waals surface area (Å²) in [5, 5.41) is 30.3. The molecule has 1 fully saturated rings. The highest BCUT2D eigenvalue weighted by molar-refractivity contribution is 5.86. The van der Waals surface area contributed by atoms with Gasteiger partial charge < -0.3 is 30.4 Å². The summed E-state index contributed by atoms with van der Waals surface area (Å²) in [5.41, 5.74) is 4.45. The average Bonchev–Trinajstić information content (AvgIpc) is 3.07. The van der Waals surface area contributed by atoms with E-state index in [4.69, 9.17) is 16.9 Å². The lowest BCUT2D eigenvalue weighted by atomic mass is 9.86. The van der Waals surface area contributed by atoms with Gasteiger partial charge >= 0.3 is 0 Å². The van der Waals surface area contributed by atoms with Crippen molar-refractivity contribution in [3.05, 3.63) is 18.6 Å². The highest BCUT2D eigenvalue weighted by Crippen LogP contribution is 2.43. The number of nitrogen functional groups attached to an aromatic ring is 1. The number of ether oxygens (including phenoxy) is 1. The van der Waals surface area contributed by atoms with Gasteiger partial charge in [-0.25, -0.2) is 9.97 Å². The van der Waals surface area contributed by atoms with Gasteiger partial charge in [0.05, 0.1) is 30.6 Å². The molecule has 0 aliphatic carbocycles. The third kappa shape index (κ3) is 1.88. The van der Waals surface area contributed by atoms with Gasteiger partial charge in [0.1, 0.15) is 17.8 Å². The van der Waals surface area contributed by atoms with Crippen LogP contribution in [0.3, 0.4) is 0 Å². The summed E-state index contributed by atoms with van der Waals surface area (Å²) in [6, 6.07) is 1.69. The number of nitrogens with two attached hydrogens (primary N) is 1. The normalized spacial score (nSPS) is 31.5. The molecule has 0 bridgehead atoms. The van der Waals surface area contributed by atoms with Crippen molar-refractivity contribution < 1.29 is 20.1 Å². The van der Waals surface area contributed by atoms with Crippen molar-refractivity contribution in [2.75, 3.05) is 18.9 Å². The molecule has 2 aromatic heterocycles. The van der Waals surface area contributed by atoms with Crippen LogP contribution in [0.2, 0.25) is 0 Å². The average molecular weight is 304 g/mol. The Kier molecular flexibility index (Phi) is 3.50. The molecule has 22 heavy (non-hydrogen) atoms. The smallest absolute Gasteiger partial charge is 0.177 e. The number of hydrogen-bond donors (Lipinski definition) is 4. The first-order chi connectivity index (χ1) is 10.6. The monoisotopic (exact) mass is 304 g/mol. The highest BCUT2D eigenvalue weighted by atomic mass is 16.5. The molecular formula is C14H16N4O4. The predicted molar refractivity (Wildman–Crippen MR) is 77.3 cm³/mol. The second kappa shape index (κ2) is 5.23. The van der Waals surface area contributed by atoms with E-state index in [1.54, 1.807) is 12.3 Å². The topological polar surface area (TPSA) is 127 Å². The quantitative estimate of drug-likeness (QED) is 0.529. The van der Waals surface area contributed by atoms with Crippen LogP contribution >= 0.6 is 0 Å². The van der Waals surface area contributed by atoms with Crippen LogP contribution in [0.1, 0.15) is 6.23 Å². The first kappa shape index (κ1) is 14.7. The third-order valence-electron chi connectivity index (χ3n) is 4.09. The van der Waals surface area contributed by atoms with Crippen molar-refractivity contribution in [1.29, 1.82) is 0 Å². The van der Waals surface area contributed by atoms with E-state index in [1.165, 1.54) is 10.9 Å². The predicted octanol–water partition coefficient (Wildman–Crippen LogP) is -1.12. The van der Waals surface area contributed by atoms with E-state index in [2.05, 4.69) is 15.9 Å². The number of aliphatic hydroxyl groups is 3. The Labute approximate surface area is 126 Å². The molecule has 1 aliphatic rings. The van der Waals surface area contributed by atoms with Crippen LogP contribution in [0.25, 0.3) is 11.0 Å². The van der Waals surface area contributed by atoms with Crippen molar-refractivity contribution in [1.82, 2.24) is 14.5 Å². The number of aromatic nitrogens is 3. The van der Waals surface area contributed by atoms with E-state index in [0.717, 1.165) is 0 Å². The summed E-state index contributed by atoms with van der Waals surface area (Å²) in [6.07, 6.45) is 6.61. The molecule has 2 aromatic rings. The Balaban J connectivity index is 2.13. The van der Waals surface area contributed by atoms with E-state index < -0.39 is 30.5 Å². The van der Waals surface area contributed by atoms with Crippen LogP contribution in [0, 0.1) is 18.3 Å². The van der Waals surface area contributed by atoms with Crippen LogP contribution < -0.4 is 5.73 Å². The molecule has 3 rings (SSSR count). The van der Waals surface area contributed by atoms with Crippen molar-refractivity contribution in [3.63, 3.8) is 0 Å². The van der Waals surface area contributed by atoms with Crippen molar-refractivity contribution >= 4 is 16.9 Å². The number of aliphatic hydroxyl groups excluding tert-OH is 2. The van der Waals surface area contributed by atoms with Gasteiger partial charge in [-0.1, -0.05) is 5.92 Å². The van der Waals surface area contributed by atoms with Gasteiger partial charge in [-0.3, -0.25) is 0 Å². The minimum absolute atomic E-state index is 0.295. The summed E-state index contributed by atoms with van der Waals surface area (Å²) in [6.45, 7) is -0.791. The van der Waals surface area contributed by atoms with Crippen LogP contribution in [0.15, 0.2) is 18.6 Å². The van der Waals surface area contributed by atoms with Crippen LogP contribution in [-0.4, -0.2) is 54.8 Å². The summed E-state index contributed by atoms with van der Waals surface area (Å²) >= 11 is 0. The van der Waals surface area contributed by atoms with Crippen molar-refractivity contribution in [3.8, 4) is 12.3 Å². The number of anilines is 1. The number of terminal acetylenes is 1. The zero-order valence-corrected chi connectivity index (χ0v) is 11.6. The number of rotatable bonds is 3. The number of fused-ring (bicyclic) bond motifs is 1. The van der Waals surface area contributed by atoms with Gasteiger partial charge in [0.25, 0.3) is 0 Å². The fourth-order valence-corrected chi connectivity index (χ4v) is 2.89. The lowest BCUT2D eigenvalue weighted by Gasteiger charge is -2.28. The fraction of sp³-hybridized carbons (Fsp3) is 0.429. The largest absolute Gasteiger partial charge is 0.396 e. The molecule has 4 atom stereocenters. The zero-order valence-electron chi connectivity index (χ0n) is 11.6. The second-order valence-electron chi connectivity index (χ2n) is 5.19. The minimum atomic E-state index is -1.78. The molecule has 116 valence electrons. The minimum Gasteiger partial charge on any atom is -0.396 e. The maximum Gasteiger partial charge on any atom is 0.177 e. The van der Waals surface area contributed by atoms with Crippen molar-refractivity contribution in [2.45, 2.75) is 17.9 Å². The molecule has 3 heterocycles. The number of nitrogens with zero attached hydrogens (tertiary/aromatic N) is 3. The molecule has 0 aromatic carbocycles. The Morgan fingerprint density at radius 2 is 2.18 bits per heavy atom. The van der Waals surface area contributed by atoms with Gasteiger partial charge in [0, 0.05) is 6.20 Å². The third-order valence-corrected chi connectivity index (χ3v) is 4.09. The maximum absolute atomic E-state index is 10.8. The summed E-state index contributed by atoms with van der Waals surface area (Å²) in [4.78, 5) is 8.03. The van der Waals surface area contributed by atoms with Gasteiger partial charge in [-0.05, 0) is 6.07 Å². The Morgan fingerprint density at radius 1 is 1.41 bits per heavy atom. The molecule has 0 amide bonds. The number of hydrogen-bond acceptors (Lipinski definition) is 7. The van der Waals surface area contributed by atoms with Gasteiger partial charge in [0.15, 0.2) is 11.8 Å². The Hall–Kier alpha value is -2.18. The van der Waals surface area contributed by atoms with Crippen LogP contribution in [0.5, 0.6) is 0 Å². The molecule has 0 spiro atoms. The van der Waals surface area contributed by atoms with E-state index in [1.807, 2.05) is 0 Å². The maximum atomic E-state index is 10.8. The van der Waals surface area contributed by atoms with Crippen molar-refractivity contribution in [2.24, 2.45) is 5.92 Å². The molecule has 0 radical (unpaired) electrons. The van der Waals surface area contributed by atoms with Gasteiger partial charge in [-0.2, -0.15) is 0 Å². The second-order valence-corrected chi connectivity index (χ2v) is 5.19. The summed E-state index contributed by atoms with van der Waals surface area (Å²) < 4.78 is 7.21. The Bertz CT molecular complexity index is 740. The fourth-order valence-electron chi connectivity index (χ4n) is 2.89. The summed E-state index contributed by atoms with van der Waals surface area (Å²) in [7, 11) is 0. The lowest BCUT2D eigenvalue weighted by molar-refractivity contribution is -0.0704. The van der Waals surface area contributed by atoms with E-state index in [9.17, 15) is 15.3 Å². The SMILES string of the molecule is C#CC1(O)C(CO)[C@@H](CO)O[C@H]1n1ccc2c(N)ncnc21. The molecular weight excluding hydrogens is 288 g/mol. The molecule has 0 saturated carbocycles. The lowest BCUT2D eigenvalue weighted by Crippen LogP contribution is -2.43. The summed E-state index contributed by atoms with van der Waals surface area (Å²) in [5.74, 6) is 1.77. The molecule has 8 nitrogen and oxygen atoms in total. The molecule has 1 saturated heterocycles. The van der Waals surface area contributed by atoms with Crippen LogP contribution in [0.4, 0.5) is 5.82 Å². The van der Waals surface area contributed by atoms with E-state index in [0.29, 0.717) is 16.9 Å². The molecule has 2 unspecified atom stereocenters. The van der Waals surface area contributed by atoms with E-state index in [-0.39, 0.29) is 6.61 Å². The van der Waals surface area contributed by atoms with Crippen LogP contribution in [-0.2, 0) is 4.74 Å². The van der Waals surface area contributed by atoms with Gasteiger partial charge in [-0.15, -0.1) is 6.42 Å². The standard InChI is InChI=1S/C14H16N4O4/c1-2-14(21)9(5-19)10(6-20)22-13(14)18-4-3-8-11(15)16-7-17-12(8)18/h1,3-4,7,9-10,13,19-21H,5-6H2,(H2,15,16,17)/t9?,10-,13-,14?/m1/s1. The first-order valence-corrected chi connectivity index (χ1v) is 6.71. The highest BCUT2D eigenvalue weighted by Gasteiger charge is 2.55. The van der Waals surface area contributed by atoms with E-state index >= 15 is 0 Å². The van der Waals surface area contributed by atoms with Gasteiger partial charge in [0.2, 0.25) is 0 Å². The molecule has 5 N–H and O–H groups in total. The molecule has 1 aliphatic heterocycles. The first-order valence-electron chi connectivity index (χ1n) is 6.71. The Morgan fingerprint density at radius 3 is 2.82 bits per heavy atom. The molecule has 8 heteroatoms. The zero-order chi connectivity index (χ0) is 15.9.